The van der Waals surface area contributed by atoms with Crippen molar-refractivity contribution >= 4 is 5.97 Å². The molecule has 1 aliphatic heterocycles. The highest BCUT2D eigenvalue weighted by molar-refractivity contribution is 5.66. The van der Waals surface area contributed by atoms with Gasteiger partial charge in [0.1, 0.15) is 0 Å². The standard InChI is InChI=1S/C12H22N6O2/c1-2-4-18-11(13-14-15-18)10-17-8-6-16(7-9-17)5-3-12(19)20/h2-10H2,1H3,(H,19,20). The minimum Gasteiger partial charge on any atom is -0.481 e. The lowest BCUT2D eigenvalue weighted by atomic mass is 10.3. The van der Waals surface area contributed by atoms with Gasteiger partial charge >= 0.3 is 5.97 Å². The van der Waals surface area contributed by atoms with Crippen molar-refractivity contribution in [2.24, 2.45) is 0 Å². The van der Waals surface area contributed by atoms with Crippen LogP contribution in [0.15, 0.2) is 0 Å². The van der Waals surface area contributed by atoms with E-state index in [0.29, 0.717) is 6.54 Å². The maximum Gasteiger partial charge on any atom is 0.304 e. The maximum atomic E-state index is 10.6. The van der Waals surface area contributed by atoms with E-state index in [4.69, 9.17) is 5.11 Å². The number of nitrogens with zero attached hydrogens (tertiary/aromatic N) is 6. The molecule has 8 nitrogen and oxygen atoms in total. The molecular weight excluding hydrogens is 260 g/mol. The molecule has 1 aromatic rings. The second kappa shape index (κ2) is 7.30. The Morgan fingerprint density at radius 3 is 2.55 bits per heavy atom. The van der Waals surface area contributed by atoms with Crippen LogP contribution < -0.4 is 0 Å². The first-order chi connectivity index (χ1) is 9.69. The second-order valence-electron chi connectivity index (χ2n) is 5.08. The molecule has 0 spiro atoms. The summed E-state index contributed by atoms with van der Waals surface area (Å²) in [6, 6.07) is 0. The summed E-state index contributed by atoms with van der Waals surface area (Å²) in [6.07, 6.45) is 1.23. The van der Waals surface area contributed by atoms with E-state index < -0.39 is 5.97 Å². The number of aryl methyl sites for hydroxylation is 1. The molecule has 1 N–H and O–H groups in total. The fourth-order valence-corrected chi connectivity index (χ4v) is 2.35. The van der Waals surface area contributed by atoms with Crippen molar-refractivity contribution in [3.8, 4) is 0 Å². The van der Waals surface area contributed by atoms with Crippen LogP contribution in [0.1, 0.15) is 25.6 Å². The molecule has 0 saturated carbocycles. The van der Waals surface area contributed by atoms with Crippen LogP contribution in [0.2, 0.25) is 0 Å². The summed E-state index contributed by atoms with van der Waals surface area (Å²) in [5.74, 6) is 0.178. The third-order valence-electron chi connectivity index (χ3n) is 3.51. The first kappa shape index (κ1) is 14.9. The number of carboxylic acids is 1. The molecule has 0 radical (unpaired) electrons. The Morgan fingerprint density at radius 1 is 1.20 bits per heavy atom. The van der Waals surface area contributed by atoms with Crippen LogP contribution in [-0.2, 0) is 17.9 Å². The molecule has 0 unspecified atom stereocenters. The highest BCUT2D eigenvalue weighted by Crippen LogP contribution is 2.07. The summed E-state index contributed by atoms with van der Waals surface area (Å²) < 4.78 is 1.86. The molecule has 1 aliphatic rings. The van der Waals surface area contributed by atoms with Gasteiger partial charge in [-0.1, -0.05) is 6.92 Å². The van der Waals surface area contributed by atoms with Crippen LogP contribution >= 0.6 is 0 Å². The van der Waals surface area contributed by atoms with Gasteiger partial charge in [-0.05, 0) is 16.8 Å². The summed E-state index contributed by atoms with van der Waals surface area (Å²) in [5, 5.41) is 20.5. The highest BCUT2D eigenvalue weighted by Gasteiger charge is 2.19. The third kappa shape index (κ3) is 4.24. The third-order valence-corrected chi connectivity index (χ3v) is 3.51. The number of carboxylic acid groups (broad SMARTS) is 1. The zero-order valence-electron chi connectivity index (χ0n) is 11.9. The van der Waals surface area contributed by atoms with Gasteiger partial charge in [-0.15, -0.1) is 5.10 Å². The molecule has 0 atom stereocenters. The average molecular weight is 282 g/mol. The Morgan fingerprint density at radius 2 is 1.90 bits per heavy atom. The number of tetrazole rings is 1. The topological polar surface area (TPSA) is 87.4 Å². The molecule has 1 saturated heterocycles. The van der Waals surface area contributed by atoms with Gasteiger partial charge < -0.3 is 10.0 Å². The van der Waals surface area contributed by atoms with E-state index in [1.165, 1.54) is 0 Å². The van der Waals surface area contributed by atoms with Crippen LogP contribution in [0.3, 0.4) is 0 Å². The van der Waals surface area contributed by atoms with Crippen LogP contribution in [-0.4, -0.2) is 73.8 Å². The van der Waals surface area contributed by atoms with Gasteiger partial charge in [0.2, 0.25) is 0 Å². The molecule has 0 aliphatic carbocycles. The number of hydrogen-bond donors (Lipinski definition) is 1. The van der Waals surface area contributed by atoms with Gasteiger partial charge in [0.25, 0.3) is 0 Å². The minimum absolute atomic E-state index is 0.217. The van der Waals surface area contributed by atoms with E-state index in [0.717, 1.165) is 51.5 Å². The largest absolute Gasteiger partial charge is 0.481 e. The molecule has 1 fully saturated rings. The van der Waals surface area contributed by atoms with Gasteiger partial charge in [0.05, 0.1) is 13.0 Å². The fraction of sp³-hybridized carbons (Fsp3) is 0.833. The Bertz CT molecular complexity index is 427. The Balaban J connectivity index is 1.76. The second-order valence-corrected chi connectivity index (χ2v) is 5.08. The molecule has 20 heavy (non-hydrogen) atoms. The van der Waals surface area contributed by atoms with Gasteiger partial charge in [-0.3, -0.25) is 9.69 Å². The van der Waals surface area contributed by atoms with E-state index in [1.54, 1.807) is 0 Å². The summed E-state index contributed by atoms with van der Waals surface area (Å²) in [5.41, 5.74) is 0. The zero-order chi connectivity index (χ0) is 14.4. The first-order valence-corrected chi connectivity index (χ1v) is 7.10. The van der Waals surface area contributed by atoms with Crippen molar-refractivity contribution in [1.82, 2.24) is 30.0 Å². The summed E-state index contributed by atoms with van der Waals surface area (Å²) in [7, 11) is 0. The van der Waals surface area contributed by atoms with E-state index in [2.05, 4.69) is 32.2 Å². The predicted molar refractivity (Wildman–Crippen MR) is 72.1 cm³/mol. The summed E-state index contributed by atoms with van der Waals surface area (Å²) >= 11 is 0. The number of aliphatic carboxylic acids is 1. The molecule has 0 bridgehead atoms. The molecular formula is C12H22N6O2. The van der Waals surface area contributed by atoms with Crippen LogP contribution in [0.25, 0.3) is 0 Å². The quantitative estimate of drug-likeness (QED) is 0.733. The lowest BCUT2D eigenvalue weighted by Crippen LogP contribution is -2.46. The van der Waals surface area contributed by atoms with Gasteiger partial charge in [0, 0.05) is 39.3 Å². The summed E-state index contributed by atoms with van der Waals surface area (Å²) in [4.78, 5) is 15.1. The van der Waals surface area contributed by atoms with Crippen LogP contribution in [0, 0.1) is 0 Å². The SMILES string of the molecule is CCCn1nnnc1CN1CCN(CCC(=O)O)CC1. The number of aromatic nitrogens is 4. The number of hydrogen-bond acceptors (Lipinski definition) is 6. The van der Waals surface area contributed by atoms with E-state index in [9.17, 15) is 4.79 Å². The van der Waals surface area contributed by atoms with Crippen molar-refractivity contribution in [3.63, 3.8) is 0 Å². The average Bonchev–Trinajstić information content (AvgIpc) is 2.86. The van der Waals surface area contributed by atoms with E-state index in [1.807, 2.05) is 4.68 Å². The van der Waals surface area contributed by atoms with E-state index in [-0.39, 0.29) is 6.42 Å². The summed E-state index contributed by atoms with van der Waals surface area (Å²) in [6.45, 7) is 8.02. The molecule has 2 rings (SSSR count). The molecule has 8 heteroatoms. The predicted octanol–water partition coefficient (Wildman–Crippen LogP) is -0.325. The van der Waals surface area contributed by atoms with Gasteiger partial charge in [-0.25, -0.2) is 4.68 Å². The van der Waals surface area contributed by atoms with Crippen LogP contribution in [0.5, 0.6) is 0 Å². The number of carbonyl (C=O) groups is 1. The smallest absolute Gasteiger partial charge is 0.304 e. The molecule has 1 aromatic heterocycles. The van der Waals surface area contributed by atoms with Crippen LogP contribution in [0.4, 0.5) is 0 Å². The molecule has 0 amide bonds. The fourth-order valence-electron chi connectivity index (χ4n) is 2.35. The first-order valence-electron chi connectivity index (χ1n) is 7.10. The van der Waals surface area contributed by atoms with Crippen molar-refractivity contribution in [1.29, 1.82) is 0 Å². The van der Waals surface area contributed by atoms with Crippen molar-refractivity contribution in [2.45, 2.75) is 32.9 Å². The zero-order valence-corrected chi connectivity index (χ0v) is 11.9. The van der Waals surface area contributed by atoms with Crippen molar-refractivity contribution in [3.05, 3.63) is 5.82 Å². The normalized spacial score (nSPS) is 17.4. The Labute approximate surface area is 118 Å². The molecule has 0 aromatic carbocycles. The van der Waals surface area contributed by atoms with Gasteiger partial charge in [0.15, 0.2) is 5.82 Å². The van der Waals surface area contributed by atoms with Crippen molar-refractivity contribution in [2.75, 3.05) is 32.7 Å². The minimum atomic E-state index is -0.730. The van der Waals surface area contributed by atoms with Crippen molar-refractivity contribution < 1.29 is 9.90 Å². The molecule has 2 heterocycles. The lowest BCUT2D eigenvalue weighted by Gasteiger charge is -2.33. The maximum absolute atomic E-state index is 10.6. The Kier molecular flexibility index (Phi) is 5.42. The van der Waals surface area contributed by atoms with E-state index >= 15 is 0 Å². The number of rotatable bonds is 7. The monoisotopic (exact) mass is 282 g/mol. The number of piperazine rings is 1. The molecule has 112 valence electrons. The lowest BCUT2D eigenvalue weighted by molar-refractivity contribution is -0.137. The van der Waals surface area contributed by atoms with Gasteiger partial charge in [-0.2, -0.15) is 0 Å². The Hall–Kier alpha value is -1.54. The highest BCUT2D eigenvalue weighted by atomic mass is 16.4.